The van der Waals surface area contributed by atoms with E-state index in [1.54, 1.807) is 11.9 Å². The molecule has 29 heavy (non-hydrogen) atoms. The third-order valence-corrected chi connectivity index (χ3v) is 5.49. The Morgan fingerprint density at radius 2 is 1.86 bits per heavy atom. The average molecular weight is 426 g/mol. The van der Waals surface area contributed by atoms with Gasteiger partial charge < -0.3 is 9.80 Å². The highest BCUT2D eigenvalue weighted by molar-refractivity contribution is 6.33. The standard InChI is InChI=1S/C21H23ClF3N3O/c1-14-3-5-15(6-4-14)13-27(2)20(29)16-7-9-28(10-8-16)19-18(22)11-17(12-26-19)21(23,24)25/h3-6,11-12,16H,7-10,13H2,1-2H3. The molecule has 1 amide bonds. The van der Waals surface area contributed by atoms with Crippen LogP contribution in [0.5, 0.6) is 0 Å². The normalized spacial score (nSPS) is 15.4. The number of alkyl halides is 3. The van der Waals surface area contributed by atoms with Gasteiger partial charge in [-0.15, -0.1) is 0 Å². The fourth-order valence-corrected chi connectivity index (χ4v) is 3.80. The molecular formula is C21H23ClF3N3O. The number of nitrogens with zero attached hydrogens (tertiary/aromatic N) is 3. The molecule has 1 aliphatic rings. The van der Waals surface area contributed by atoms with E-state index in [1.807, 2.05) is 36.1 Å². The number of aromatic nitrogens is 1. The zero-order valence-electron chi connectivity index (χ0n) is 16.3. The number of carbonyl (C=O) groups is 1. The van der Waals surface area contributed by atoms with E-state index in [0.717, 1.165) is 17.8 Å². The summed E-state index contributed by atoms with van der Waals surface area (Å²) in [6.45, 7) is 3.61. The Hall–Kier alpha value is -2.28. The van der Waals surface area contributed by atoms with E-state index in [9.17, 15) is 18.0 Å². The zero-order chi connectivity index (χ0) is 21.2. The van der Waals surface area contributed by atoms with Crippen LogP contribution < -0.4 is 4.90 Å². The fourth-order valence-electron chi connectivity index (χ4n) is 3.51. The summed E-state index contributed by atoms with van der Waals surface area (Å²) in [7, 11) is 1.79. The number of rotatable bonds is 4. The maximum atomic E-state index is 12.8. The first-order valence-electron chi connectivity index (χ1n) is 9.43. The lowest BCUT2D eigenvalue weighted by Crippen LogP contribution is -2.41. The predicted molar refractivity (Wildman–Crippen MR) is 107 cm³/mol. The van der Waals surface area contributed by atoms with Crippen LogP contribution in [-0.2, 0) is 17.5 Å². The molecule has 0 radical (unpaired) electrons. The van der Waals surface area contributed by atoms with Gasteiger partial charge in [0.1, 0.15) is 5.82 Å². The first-order chi connectivity index (χ1) is 13.6. The number of aryl methyl sites for hydroxylation is 1. The van der Waals surface area contributed by atoms with Crippen molar-refractivity contribution in [2.75, 3.05) is 25.0 Å². The van der Waals surface area contributed by atoms with E-state index >= 15 is 0 Å². The van der Waals surface area contributed by atoms with Crippen LogP contribution in [0.25, 0.3) is 0 Å². The Balaban J connectivity index is 1.58. The van der Waals surface area contributed by atoms with Gasteiger partial charge in [-0.3, -0.25) is 4.79 Å². The van der Waals surface area contributed by atoms with Gasteiger partial charge in [0.25, 0.3) is 0 Å². The Labute approximate surface area is 173 Å². The smallest absolute Gasteiger partial charge is 0.355 e. The minimum absolute atomic E-state index is 0.0268. The highest BCUT2D eigenvalue weighted by Gasteiger charge is 2.33. The summed E-state index contributed by atoms with van der Waals surface area (Å²) in [4.78, 5) is 20.3. The first kappa shape index (κ1) is 21.4. The topological polar surface area (TPSA) is 36.4 Å². The molecule has 0 saturated carbocycles. The van der Waals surface area contributed by atoms with Crippen molar-refractivity contribution in [2.45, 2.75) is 32.5 Å². The van der Waals surface area contributed by atoms with Crippen LogP contribution in [0.15, 0.2) is 36.5 Å². The molecule has 0 N–H and O–H groups in total. The summed E-state index contributed by atoms with van der Waals surface area (Å²) in [5.41, 5.74) is 1.38. The molecular weight excluding hydrogens is 403 g/mol. The van der Waals surface area contributed by atoms with Gasteiger partial charge >= 0.3 is 6.18 Å². The molecule has 8 heteroatoms. The number of anilines is 1. The molecule has 156 valence electrons. The minimum Gasteiger partial charge on any atom is -0.355 e. The Kier molecular flexibility index (Phi) is 6.36. The van der Waals surface area contributed by atoms with Gasteiger partial charge in [-0.05, 0) is 31.4 Å². The molecule has 2 aromatic rings. The van der Waals surface area contributed by atoms with E-state index in [1.165, 1.54) is 5.56 Å². The van der Waals surface area contributed by atoms with E-state index in [4.69, 9.17) is 11.6 Å². The molecule has 1 fully saturated rings. The van der Waals surface area contributed by atoms with Gasteiger partial charge in [0, 0.05) is 38.8 Å². The highest BCUT2D eigenvalue weighted by Crippen LogP contribution is 2.34. The maximum absolute atomic E-state index is 12.8. The van der Waals surface area contributed by atoms with Gasteiger partial charge in [0.15, 0.2) is 0 Å². The van der Waals surface area contributed by atoms with Gasteiger partial charge in [0.05, 0.1) is 10.6 Å². The molecule has 0 unspecified atom stereocenters. The van der Waals surface area contributed by atoms with Crippen LogP contribution in [0.4, 0.5) is 19.0 Å². The summed E-state index contributed by atoms with van der Waals surface area (Å²) in [6.07, 6.45) is -2.46. The van der Waals surface area contributed by atoms with E-state index < -0.39 is 11.7 Å². The third-order valence-electron chi connectivity index (χ3n) is 5.21. The van der Waals surface area contributed by atoms with E-state index in [0.29, 0.717) is 38.3 Å². The van der Waals surface area contributed by atoms with E-state index in [2.05, 4.69) is 4.98 Å². The lowest BCUT2D eigenvalue weighted by molar-refractivity contribution is -0.138. The third kappa shape index (κ3) is 5.21. The SMILES string of the molecule is Cc1ccc(CN(C)C(=O)C2CCN(c3ncc(C(F)(F)F)cc3Cl)CC2)cc1. The van der Waals surface area contributed by atoms with Crippen molar-refractivity contribution in [1.82, 2.24) is 9.88 Å². The van der Waals surface area contributed by atoms with Crippen molar-refractivity contribution in [3.8, 4) is 0 Å². The van der Waals surface area contributed by atoms with Gasteiger partial charge in [0.2, 0.25) is 5.91 Å². The number of halogens is 4. The van der Waals surface area contributed by atoms with Crippen LogP contribution in [-0.4, -0.2) is 35.9 Å². The number of piperidine rings is 1. The van der Waals surface area contributed by atoms with Crippen LogP contribution in [0, 0.1) is 12.8 Å². The quantitative estimate of drug-likeness (QED) is 0.696. The van der Waals surface area contributed by atoms with Crippen molar-refractivity contribution >= 4 is 23.3 Å². The molecule has 1 aromatic heterocycles. The number of hydrogen-bond donors (Lipinski definition) is 0. The largest absolute Gasteiger partial charge is 0.417 e. The van der Waals surface area contributed by atoms with Crippen LogP contribution in [0.1, 0.15) is 29.5 Å². The molecule has 0 aliphatic carbocycles. The van der Waals surface area contributed by atoms with Crippen molar-refractivity contribution in [2.24, 2.45) is 5.92 Å². The second-order valence-corrected chi connectivity index (χ2v) is 7.88. The Morgan fingerprint density at radius 1 is 1.24 bits per heavy atom. The van der Waals surface area contributed by atoms with Gasteiger partial charge in [-0.1, -0.05) is 41.4 Å². The molecule has 2 heterocycles. The molecule has 4 nitrogen and oxygen atoms in total. The fraction of sp³-hybridized carbons (Fsp3) is 0.429. The minimum atomic E-state index is -4.48. The molecule has 0 bridgehead atoms. The summed E-state index contributed by atoms with van der Waals surface area (Å²) < 4.78 is 38.3. The molecule has 3 rings (SSSR count). The number of benzene rings is 1. The second kappa shape index (κ2) is 8.61. The Bertz CT molecular complexity index is 862. The molecule has 1 aliphatic heterocycles. The Morgan fingerprint density at radius 3 is 2.41 bits per heavy atom. The van der Waals surface area contributed by atoms with E-state index in [-0.39, 0.29) is 16.8 Å². The highest BCUT2D eigenvalue weighted by atomic mass is 35.5. The summed E-state index contributed by atoms with van der Waals surface area (Å²) >= 11 is 6.04. The summed E-state index contributed by atoms with van der Waals surface area (Å²) in [6, 6.07) is 8.97. The summed E-state index contributed by atoms with van der Waals surface area (Å²) in [5.74, 6) is 0.296. The van der Waals surface area contributed by atoms with Crippen LogP contribution in [0.3, 0.4) is 0 Å². The number of pyridine rings is 1. The zero-order valence-corrected chi connectivity index (χ0v) is 17.1. The maximum Gasteiger partial charge on any atom is 0.417 e. The average Bonchev–Trinajstić information content (AvgIpc) is 2.68. The lowest BCUT2D eigenvalue weighted by Gasteiger charge is -2.34. The number of amides is 1. The van der Waals surface area contributed by atoms with Crippen molar-refractivity contribution < 1.29 is 18.0 Å². The lowest BCUT2D eigenvalue weighted by atomic mass is 9.95. The van der Waals surface area contributed by atoms with Crippen molar-refractivity contribution in [3.63, 3.8) is 0 Å². The second-order valence-electron chi connectivity index (χ2n) is 7.47. The molecule has 1 aromatic carbocycles. The monoisotopic (exact) mass is 425 g/mol. The summed E-state index contributed by atoms with van der Waals surface area (Å²) in [5, 5.41) is -0.0268. The molecule has 0 spiro atoms. The molecule has 1 saturated heterocycles. The molecule has 0 atom stereocenters. The van der Waals surface area contributed by atoms with Crippen molar-refractivity contribution in [3.05, 3.63) is 58.2 Å². The van der Waals surface area contributed by atoms with Gasteiger partial charge in [-0.2, -0.15) is 13.2 Å². The number of hydrogen-bond acceptors (Lipinski definition) is 3. The first-order valence-corrected chi connectivity index (χ1v) is 9.81. The number of carbonyl (C=O) groups excluding carboxylic acids is 1. The van der Waals surface area contributed by atoms with Crippen molar-refractivity contribution in [1.29, 1.82) is 0 Å². The van der Waals surface area contributed by atoms with Crippen LogP contribution in [0.2, 0.25) is 5.02 Å². The van der Waals surface area contributed by atoms with Crippen LogP contribution >= 0.6 is 11.6 Å². The predicted octanol–water partition coefficient (Wildman–Crippen LogP) is 4.94. The van der Waals surface area contributed by atoms with Gasteiger partial charge in [-0.25, -0.2) is 4.98 Å².